The highest BCUT2D eigenvalue weighted by molar-refractivity contribution is 7.18. The fraction of sp³-hybridized carbons (Fsp3) is 0.312. The van der Waals surface area contributed by atoms with Crippen molar-refractivity contribution < 1.29 is 13.2 Å². The highest BCUT2D eigenvalue weighted by atomic mass is 32.1. The quantitative estimate of drug-likeness (QED) is 0.230. The second-order valence-corrected chi connectivity index (χ2v) is 12.8. The van der Waals surface area contributed by atoms with Gasteiger partial charge in [-0.15, -0.1) is 11.3 Å². The predicted octanol–water partition coefficient (Wildman–Crippen LogP) is 9.92. The molecular formula is C32H31F3N2S. The maximum absolute atomic E-state index is 13.4. The van der Waals surface area contributed by atoms with Gasteiger partial charge in [0.25, 0.3) is 0 Å². The summed E-state index contributed by atoms with van der Waals surface area (Å²) in [7, 11) is 0. The molecule has 0 spiro atoms. The van der Waals surface area contributed by atoms with Gasteiger partial charge < -0.3 is 0 Å². The lowest BCUT2D eigenvalue weighted by molar-refractivity contribution is -0.211. The molecule has 6 heteroatoms. The number of nitrogens with zero attached hydrogens (tertiary/aromatic N) is 2. The van der Waals surface area contributed by atoms with Crippen LogP contribution in [0.25, 0.3) is 43.4 Å². The molecule has 2 heterocycles. The first-order valence-corrected chi connectivity index (χ1v) is 13.5. The van der Waals surface area contributed by atoms with E-state index in [0.29, 0.717) is 5.01 Å². The summed E-state index contributed by atoms with van der Waals surface area (Å²) in [5, 5.41) is 2.92. The number of thiazole rings is 1. The standard InChI is InChI=1S/C32H31F3N2S/c1-19-18-36-27(22-13-20-9-7-8-10-23(20)25(14-22)30(2,3)4)16-24(19)21-11-12-26-28(15-21)38-29(37-26)17-31(5,6)32(33,34)35/h7-16,18H,17H2,1-6H3. The largest absolute Gasteiger partial charge is 0.394 e. The molecule has 0 radical (unpaired) electrons. The van der Waals surface area contributed by atoms with Gasteiger partial charge in [-0.1, -0.05) is 65.0 Å². The smallest absolute Gasteiger partial charge is 0.256 e. The van der Waals surface area contributed by atoms with Crippen molar-refractivity contribution in [2.75, 3.05) is 0 Å². The minimum absolute atomic E-state index is 0.0290. The highest BCUT2D eigenvalue weighted by Gasteiger charge is 2.47. The normalized spacial score (nSPS) is 13.0. The molecule has 0 aliphatic heterocycles. The molecule has 0 fully saturated rings. The molecule has 196 valence electrons. The maximum Gasteiger partial charge on any atom is 0.394 e. The van der Waals surface area contributed by atoms with E-state index in [0.717, 1.165) is 38.2 Å². The third-order valence-electron chi connectivity index (χ3n) is 7.17. The van der Waals surface area contributed by atoms with Crippen LogP contribution in [0.3, 0.4) is 0 Å². The predicted molar refractivity (Wildman–Crippen MR) is 153 cm³/mol. The summed E-state index contributed by atoms with van der Waals surface area (Å²) >= 11 is 1.33. The fourth-order valence-corrected chi connectivity index (χ4v) is 6.00. The Labute approximate surface area is 225 Å². The van der Waals surface area contributed by atoms with Gasteiger partial charge in [0.05, 0.1) is 26.3 Å². The Morgan fingerprint density at radius 3 is 2.29 bits per heavy atom. The molecule has 5 rings (SSSR count). The molecule has 0 saturated heterocycles. The van der Waals surface area contributed by atoms with E-state index in [9.17, 15) is 13.2 Å². The van der Waals surface area contributed by atoms with Crippen LogP contribution in [0.4, 0.5) is 13.2 Å². The van der Waals surface area contributed by atoms with Gasteiger partial charge in [-0.05, 0) is 75.7 Å². The van der Waals surface area contributed by atoms with Crippen LogP contribution in [-0.4, -0.2) is 16.1 Å². The van der Waals surface area contributed by atoms with Gasteiger partial charge in [-0.25, -0.2) is 4.98 Å². The average Bonchev–Trinajstić information content (AvgIpc) is 3.23. The van der Waals surface area contributed by atoms with Gasteiger partial charge in [0.1, 0.15) is 0 Å². The monoisotopic (exact) mass is 532 g/mol. The third-order valence-corrected chi connectivity index (χ3v) is 8.19. The molecule has 0 saturated carbocycles. The second kappa shape index (κ2) is 9.19. The van der Waals surface area contributed by atoms with Gasteiger partial charge >= 0.3 is 6.18 Å². The van der Waals surface area contributed by atoms with Crippen molar-refractivity contribution in [1.82, 2.24) is 9.97 Å². The Kier molecular flexibility index (Phi) is 6.38. The molecule has 0 atom stereocenters. The van der Waals surface area contributed by atoms with Gasteiger partial charge in [-0.3, -0.25) is 4.98 Å². The van der Waals surface area contributed by atoms with Crippen molar-refractivity contribution in [3.63, 3.8) is 0 Å². The van der Waals surface area contributed by atoms with E-state index < -0.39 is 11.6 Å². The summed E-state index contributed by atoms with van der Waals surface area (Å²) in [6.45, 7) is 11.2. The van der Waals surface area contributed by atoms with Gasteiger partial charge in [0.15, 0.2) is 0 Å². The van der Waals surface area contributed by atoms with Crippen molar-refractivity contribution in [3.05, 3.63) is 83.0 Å². The minimum Gasteiger partial charge on any atom is -0.256 e. The zero-order valence-electron chi connectivity index (χ0n) is 22.5. The third kappa shape index (κ3) is 4.94. The van der Waals surface area contributed by atoms with Crippen molar-refractivity contribution in [1.29, 1.82) is 0 Å². The summed E-state index contributed by atoms with van der Waals surface area (Å²) in [5.41, 5.74) is 5.17. The van der Waals surface area contributed by atoms with Crippen LogP contribution in [0.15, 0.2) is 66.9 Å². The van der Waals surface area contributed by atoms with E-state index in [2.05, 4.69) is 68.2 Å². The summed E-state index contributed by atoms with van der Waals surface area (Å²) < 4.78 is 41.2. The summed E-state index contributed by atoms with van der Waals surface area (Å²) in [6.07, 6.45) is -2.53. The van der Waals surface area contributed by atoms with E-state index in [1.54, 1.807) is 0 Å². The van der Waals surface area contributed by atoms with Crippen LogP contribution in [0.1, 0.15) is 50.8 Å². The number of halogens is 3. The molecule has 0 aliphatic carbocycles. The molecule has 5 aromatic rings. The Balaban J connectivity index is 1.56. The molecule has 0 bridgehead atoms. The number of hydrogen-bond donors (Lipinski definition) is 0. The Morgan fingerprint density at radius 2 is 1.58 bits per heavy atom. The van der Waals surface area contributed by atoms with Crippen molar-refractivity contribution in [2.24, 2.45) is 5.41 Å². The molecular weight excluding hydrogens is 501 g/mol. The summed E-state index contributed by atoms with van der Waals surface area (Å²) in [5.74, 6) is 0. The first-order valence-electron chi connectivity index (χ1n) is 12.7. The molecule has 0 unspecified atom stereocenters. The van der Waals surface area contributed by atoms with E-state index in [1.807, 2.05) is 31.3 Å². The molecule has 3 aromatic carbocycles. The highest BCUT2D eigenvalue weighted by Crippen LogP contribution is 2.42. The van der Waals surface area contributed by atoms with Gasteiger partial charge in [0.2, 0.25) is 0 Å². The van der Waals surface area contributed by atoms with E-state index in [4.69, 9.17) is 4.98 Å². The van der Waals surface area contributed by atoms with E-state index >= 15 is 0 Å². The molecule has 0 amide bonds. The average molecular weight is 533 g/mol. The van der Waals surface area contributed by atoms with Gasteiger partial charge in [-0.2, -0.15) is 13.2 Å². The number of benzene rings is 3. The number of hydrogen-bond acceptors (Lipinski definition) is 3. The van der Waals surface area contributed by atoms with E-state index in [1.165, 1.54) is 41.5 Å². The van der Waals surface area contributed by atoms with Crippen LogP contribution < -0.4 is 0 Å². The van der Waals surface area contributed by atoms with Crippen molar-refractivity contribution >= 4 is 32.3 Å². The summed E-state index contributed by atoms with van der Waals surface area (Å²) in [6, 6.07) is 20.9. The van der Waals surface area contributed by atoms with Crippen LogP contribution in [-0.2, 0) is 11.8 Å². The van der Waals surface area contributed by atoms with Crippen LogP contribution >= 0.6 is 11.3 Å². The number of aryl methyl sites for hydroxylation is 1. The second-order valence-electron chi connectivity index (χ2n) is 11.7. The molecule has 2 nitrogen and oxygen atoms in total. The zero-order chi connectivity index (χ0) is 27.5. The Bertz CT molecular complexity index is 1660. The number of alkyl halides is 3. The number of fused-ring (bicyclic) bond motifs is 2. The minimum atomic E-state index is -4.28. The Morgan fingerprint density at radius 1 is 0.842 bits per heavy atom. The van der Waals surface area contributed by atoms with Crippen LogP contribution in [0.2, 0.25) is 0 Å². The molecule has 0 aliphatic rings. The van der Waals surface area contributed by atoms with E-state index in [-0.39, 0.29) is 11.8 Å². The first-order chi connectivity index (χ1) is 17.7. The summed E-state index contributed by atoms with van der Waals surface area (Å²) in [4.78, 5) is 9.28. The lowest BCUT2D eigenvalue weighted by Crippen LogP contribution is -2.34. The molecule has 0 N–H and O–H groups in total. The lowest BCUT2D eigenvalue weighted by Gasteiger charge is -2.26. The first kappa shape index (κ1) is 26.4. The number of aromatic nitrogens is 2. The maximum atomic E-state index is 13.4. The number of pyridine rings is 1. The molecule has 38 heavy (non-hydrogen) atoms. The van der Waals surface area contributed by atoms with Crippen molar-refractivity contribution in [2.45, 2.75) is 59.6 Å². The lowest BCUT2D eigenvalue weighted by atomic mass is 9.82. The SMILES string of the molecule is Cc1cnc(-c2cc(C(C)(C)C)c3ccccc3c2)cc1-c1ccc2nc(CC(C)(C)C(F)(F)F)sc2c1. The van der Waals surface area contributed by atoms with Crippen LogP contribution in [0.5, 0.6) is 0 Å². The topological polar surface area (TPSA) is 25.8 Å². The Hall–Kier alpha value is -3.25. The fourth-order valence-electron chi connectivity index (χ4n) is 4.77. The number of rotatable bonds is 4. The van der Waals surface area contributed by atoms with Crippen LogP contribution in [0, 0.1) is 12.3 Å². The van der Waals surface area contributed by atoms with Crippen molar-refractivity contribution in [3.8, 4) is 22.4 Å². The zero-order valence-corrected chi connectivity index (χ0v) is 23.3. The van der Waals surface area contributed by atoms with Gasteiger partial charge in [0, 0.05) is 18.2 Å². The molecule has 2 aromatic heterocycles.